The molecule has 0 spiro atoms. The molecule has 8 heteroatoms. The Morgan fingerprint density at radius 3 is 2.24 bits per heavy atom. The van der Waals surface area contributed by atoms with E-state index in [-0.39, 0.29) is 10.5 Å². The third kappa shape index (κ3) is 4.07. The lowest BCUT2D eigenvalue weighted by Crippen LogP contribution is -2.14. The van der Waals surface area contributed by atoms with Gasteiger partial charge in [-0.15, -0.1) is 0 Å². The molecule has 0 saturated carbocycles. The molecule has 0 aliphatic heterocycles. The second kappa shape index (κ2) is 6.48. The summed E-state index contributed by atoms with van der Waals surface area (Å²) < 4.78 is 28.4. The maximum absolute atomic E-state index is 12.3. The molecule has 0 fully saturated rings. The second-order valence-electron chi connectivity index (χ2n) is 4.06. The molecule has 0 radical (unpaired) electrons. The molecule has 110 valence electrons. The van der Waals surface area contributed by atoms with Gasteiger partial charge >= 0.3 is 5.97 Å². The fraction of sp³-hybridized carbons (Fsp3) is 0. The van der Waals surface area contributed by atoms with E-state index in [4.69, 9.17) is 5.11 Å². The maximum atomic E-state index is 12.3. The molecule has 21 heavy (non-hydrogen) atoms. The van der Waals surface area contributed by atoms with Gasteiger partial charge in [0.15, 0.2) is 0 Å². The van der Waals surface area contributed by atoms with E-state index >= 15 is 0 Å². The second-order valence-corrected chi connectivity index (χ2v) is 8.15. The monoisotopic (exact) mass is 529 g/mol. The first-order valence-electron chi connectivity index (χ1n) is 5.61. The van der Waals surface area contributed by atoms with Crippen LogP contribution < -0.4 is 4.72 Å². The summed E-state index contributed by atoms with van der Waals surface area (Å²) in [5, 5.41) is 9.06. The number of hydrogen-bond acceptors (Lipinski definition) is 3. The number of hydrogen-bond donors (Lipinski definition) is 2. The summed E-state index contributed by atoms with van der Waals surface area (Å²) in [6.45, 7) is 0. The number of rotatable bonds is 4. The van der Waals surface area contributed by atoms with Gasteiger partial charge in [-0.25, -0.2) is 13.2 Å². The minimum atomic E-state index is -3.82. The van der Waals surface area contributed by atoms with E-state index in [0.29, 0.717) is 9.26 Å². The summed E-state index contributed by atoms with van der Waals surface area (Å²) in [6.07, 6.45) is 0. The molecule has 2 N–H and O–H groups in total. The number of sulfonamides is 1. The van der Waals surface area contributed by atoms with Gasteiger partial charge in [-0.05, 0) is 87.6 Å². The first-order chi connectivity index (χ1) is 9.79. The van der Waals surface area contributed by atoms with Crippen LogP contribution in [0.25, 0.3) is 0 Å². The molecule has 0 bridgehead atoms. The molecular formula is C13H9I2NO4S. The maximum Gasteiger partial charge on any atom is 0.336 e. The molecule has 2 aromatic rings. The van der Waals surface area contributed by atoms with Crippen LogP contribution in [0.5, 0.6) is 0 Å². The third-order valence-corrected chi connectivity index (χ3v) is 5.61. The van der Waals surface area contributed by atoms with Gasteiger partial charge in [0.25, 0.3) is 10.0 Å². The van der Waals surface area contributed by atoms with E-state index in [1.54, 1.807) is 24.3 Å². The largest absolute Gasteiger partial charge is 0.478 e. The standard InChI is InChI=1S/C13H9I2NO4S/c14-8-1-3-9(4-2-8)16-21(19,20)10-5-6-12(15)11(7-10)13(17)18/h1-7,16H,(H,17,18). The van der Waals surface area contributed by atoms with Crippen LogP contribution in [0.15, 0.2) is 47.4 Å². The molecule has 0 amide bonds. The average Bonchev–Trinajstić information content (AvgIpc) is 2.41. The smallest absolute Gasteiger partial charge is 0.336 e. The summed E-state index contributed by atoms with van der Waals surface area (Å²) in [5.41, 5.74) is 0.381. The van der Waals surface area contributed by atoms with Crippen molar-refractivity contribution >= 4 is 66.9 Å². The Labute approximate surface area is 149 Å². The summed E-state index contributed by atoms with van der Waals surface area (Å²) >= 11 is 3.97. The quantitative estimate of drug-likeness (QED) is 0.596. The van der Waals surface area contributed by atoms with Gasteiger partial charge in [0, 0.05) is 12.8 Å². The molecule has 0 atom stereocenters. The van der Waals surface area contributed by atoms with E-state index in [9.17, 15) is 13.2 Å². The summed E-state index contributed by atoms with van der Waals surface area (Å²) in [6, 6.07) is 10.8. The van der Waals surface area contributed by atoms with Crippen LogP contribution in [0.2, 0.25) is 0 Å². The fourth-order valence-corrected chi connectivity index (χ4v) is 3.58. The first kappa shape index (κ1) is 16.5. The van der Waals surface area contributed by atoms with Crippen LogP contribution in [0, 0.1) is 7.14 Å². The molecule has 0 heterocycles. The molecule has 0 aromatic heterocycles. The number of aromatic carboxylic acids is 1. The van der Waals surface area contributed by atoms with E-state index in [1.165, 1.54) is 12.1 Å². The highest BCUT2D eigenvalue weighted by Crippen LogP contribution is 2.21. The van der Waals surface area contributed by atoms with Crippen LogP contribution in [-0.4, -0.2) is 19.5 Å². The highest BCUT2D eigenvalue weighted by Gasteiger charge is 2.18. The predicted molar refractivity (Wildman–Crippen MR) is 96.1 cm³/mol. The third-order valence-electron chi connectivity index (χ3n) is 2.57. The van der Waals surface area contributed by atoms with Crippen LogP contribution >= 0.6 is 45.2 Å². The number of halogens is 2. The lowest BCUT2D eigenvalue weighted by atomic mass is 10.2. The van der Waals surface area contributed by atoms with Crippen LogP contribution in [-0.2, 0) is 10.0 Å². The average molecular weight is 529 g/mol. The summed E-state index contributed by atoms with van der Waals surface area (Å²) in [4.78, 5) is 11.0. The molecule has 0 unspecified atom stereocenters. The minimum Gasteiger partial charge on any atom is -0.478 e. The van der Waals surface area contributed by atoms with Gasteiger partial charge in [-0.3, -0.25) is 4.72 Å². The zero-order valence-corrected chi connectivity index (χ0v) is 15.5. The minimum absolute atomic E-state index is 0.0407. The van der Waals surface area contributed by atoms with Crippen LogP contribution in [0.1, 0.15) is 10.4 Å². The van der Waals surface area contributed by atoms with E-state index in [1.807, 2.05) is 22.6 Å². The SMILES string of the molecule is O=C(O)c1cc(S(=O)(=O)Nc2ccc(I)cc2)ccc1I. The van der Waals surface area contributed by atoms with Crippen molar-refractivity contribution in [1.82, 2.24) is 0 Å². The van der Waals surface area contributed by atoms with Gasteiger partial charge in [0.1, 0.15) is 0 Å². The van der Waals surface area contributed by atoms with Gasteiger partial charge in [0.05, 0.1) is 10.5 Å². The van der Waals surface area contributed by atoms with E-state index in [0.717, 1.165) is 9.64 Å². The zero-order chi connectivity index (χ0) is 15.6. The van der Waals surface area contributed by atoms with E-state index in [2.05, 4.69) is 27.3 Å². The summed E-state index contributed by atoms with van der Waals surface area (Å²) in [7, 11) is -3.82. The van der Waals surface area contributed by atoms with Crippen molar-refractivity contribution in [2.24, 2.45) is 0 Å². The van der Waals surface area contributed by atoms with Crippen molar-refractivity contribution in [1.29, 1.82) is 0 Å². The number of carboxylic acids is 1. The number of nitrogens with one attached hydrogen (secondary N) is 1. The Morgan fingerprint density at radius 2 is 1.67 bits per heavy atom. The van der Waals surface area contributed by atoms with Crippen molar-refractivity contribution in [3.63, 3.8) is 0 Å². The molecule has 2 aromatic carbocycles. The van der Waals surface area contributed by atoms with Gasteiger partial charge < -0.3 is 5.11 Å². The normalized spacial score (nSPS) is 11.1. The van der Waals surface area contributed by atoms with Crippen molar-refractivity contribution in [2.45, 2.75) is 4.90 Å². The summed E-state index contributed by atoms with van der Waals surface area (Å²) in [5.74, 6) is -1.16. The highest BCUT2D eigenvalue weighted by atomic mass is 127. The zero-order valence-electron chi connectivity index (χ0n) is 10.4. The van der Waals surface area contributed by atoms with Crippen LogP contribution in [0.4, 0.5) is 5.69 Å². The van der Waals surface area contributed by atoms with Crippen LogP contribution in [0.3, 0.4) is 0 Å². The van der Waals surface area contributed by atoms with Gasteiger partial charge in [0.2, 0.25) is 0 Å². The molecule has 2 rings (SSSR count). The topological polar surface area (TPSA) is 83.5 Å². The highest BCUT2D eigenvalue weighted by molar-refractivity contribution is 14.1. The lowest BCUT2D eigenvalue weighted by Gasteiger charge is -2.09. The molecule has 0 aliphatic rings. The fourth-order valence-electron chi connectivity index (χ4n) is 1.57. The lowest BCUT2D eigenvalue weighted by molar-refractivity contribution is 0.0695. The molecule has 0 aliphatic carbocycles. The first-order valence-corrected chi connectivity index (χ1v) is 9.25. The Hall–Kier alpha value is -0.880. The Bertz CT molecular complexity index is 788. The number of anilines is 1. The predicted octanol–water partition coefficient (Wildman–Crippen LogP) is 3.39. The Balaban J connectivity index is 2.38. The number of carbonyl (C=O) groups is 1. The van der Waals surface area contributed by atoms with Crippen molar-refractivity contribution < 1.29 is 18.3 Å². The van der Waals surface area contributed by atoms with Crippen molar-refractivity contribution in [3.8, 4) is 0 Å². The van der Waals surface area contributed by atoms with Gasteiger partial charge in [-0.2, -0.15) is 0 Å². The van der Waals surface area contributed by atoms with E-state index < -0.39 is 16.0 Å². The molecular weight excluding hydrogens is 520 g/mol. The number of carboxylic acid groups (broad SMARTS) is 1. The van der Waals surface area contributed by atoms with Gasteiger partial charge in [-0.1, -0.05) is 0 Å². The van der Waals surface area contributed by atoms with Crippen molar-refractivity contribution in [2.75, 3.05) is 4.72 Å². The number of benzene rings is 2. The Kier molecular flexibility index (Phi) is 5.09. The Morgan fingerprint density at radius 1 is 1.05 bits per heavy atom. The molecule has 5 nitrogen and oxygen atoms in total. The van der Waals surface area contributed by atoms with Crippen molar-refractivity contribution in [3.05, 3.63) is 55.2 Å². The molecule has 0 saturated heterocycles.